The first-order valence-corrected chi connectivity index (χ1v) is 7.19. The third kappa shape index (κ3) is 5.75. The fourth-order valence-electron chi connectivity index (χ4n) is 2.65. The van der Waals surface area contributed by atoms with Crippen LogP contribution in [0.1, 0.15) is 13.3 Å². The molecular formula is C14H30N2O3. The molecule has 1 N–H and O–H groups in total. The van der Waals surface area contributed by atoms with Crippen molar-refractivity contribution in [1.29, 1.82) is 0 Å². The SMILES string of the molecule is CNC(CN(CCOC)C(C)COC)C1CCOC1. The fraction of sp³-hybridized carbons (Fsp3) is 1.00. The molecule has 1 aliphatic heterocycles. The van der Waals surface area contributed by atoms with Crippen LogP contribution in [-0.2, 0) is 14.2 Å². The number of rotatable bonds is 10. The molecule has 1 heterocycles. The van der Waals surface area contributed by atoms with Gasteiger partial charge >= 0.3 is 0 Å². The summed E-state index contributed by atoms with van der Waals surface area (Å²) in [6, 6.07) is 0.872. The van der Waals surface area contributed by atoms with E-state index in [1.54, 1.807) is 14.2 Å². The summed E-state index contributed by atoms with van der Waals surface area (Å²) in [6.07, 6.45) is 1.16. The monoisotopic (exact) mass is 274 g/mol. The number of methoxy groups -OCH3 is 2. The summed E-state index contributed by atoms with van der Waals surface area (Å²) in [7, 11) is 5.55. The van der Waals surface area contributed by atoms with Crippen LogP contribution in [0.2, 0.25) is 0 Å². The first kappa shape index (κ1) is 16.9. The average molecular weight is 274 g/mol. The van der Waals surface area contributed by atoms with E-state index in [1.807, 2.05) is 7.05 Å². The molecule has 3 atom stereocenters. The Morgan fingerprint density at radius 2 is 2.16 bits per heavy atom. The highest BCUT2D eigenvalue weighted by atomic mass is 16.5. The molecular weight excluding hydrogens is 244 g/mol. The van der Waals surface area contributed by atoms with Gasteiger partial charge in [0.25, 0.3) is 0 Å². The summed E-state index contributed by atoms with van der Waals surface area (Å²) in [4.78, 5) is 2.44. The first-order valence-electron chi connectivity index (χ1n) is 7.19. The van der Waals surface area contributed by atoms with E-state index >= 15 is 0 Å². The zero-order valence-electron chi connectivity index (χ0n) is 12.9. The van der Waals surface area contributed by atoms with Gasteiger partial charge in [-0.3, -0.25) is 4.90 Å². The molecule has 0 radical (unpaired) electrons. The van der Waals surface area contributed by atoms with Crippen LogP contribution in [0.25, 0.3) is 0 Å². The molecule has 0 aromatic heterocycles. The maximum absolute atomic E-state index is 5.50. The molecule has 0 amide bonds. The molecule has 0 aromatic carbocycles. The fourth-order valence-corrected chi connectivity index (χ4v) is 2.65. The molecule has 0 aromatic rings. The zero-order chi connectivity index (χ0) is 14.1. The molecule has 0 aliphatic carbocycles. The Kier molecular flexibility index (Phi) is 8.57. The predicted octanol–water partition coefficient (Wildman–Crippen LogP) is 0.594. The van der Waals surface area contributed by atoms with Crippen LogP contribution in [0.5, 0.6) is 0 Å². The molecule has 0 saturated carbocycles. The minimum Gasteiger partial charge on any atom is -0.383 e. The summed E-state index contributed by atoms with van der Waals surface area (Å²) < 4.78 is 16.0. The molecule has 1 fully saturated rings. The van der Waals surface area contributed by atoms with E-state index in [-0.39, 0.29) is 0 Å². The average Bonchev–Trinajstić information content (AvgIpc) is 2.93. The molecule has 0 spiro atoms. The van der Waals surface area contributed by atoms with Crippen molar-refractivity contribution in [2.24, 2.45) is 5.92 Å². The predicted molar refractivity (Wildman–Crippen MR) is 76.6 cm³/mol. The van der Waals surface area contributed by atoms with Crippen molar-refractivity contribution in [2.75, 3.05) is 60.8 Å². The van der Waals surface area contributed by atoms with Crippen molar-refractivity contribution in [3.05, 3.63) is 0 Å². The maximum atomic E-state index is 5.50. The quantitative estimate of drug-likeness (QED) is 0.632. The van der Waals surface area contributed by atoms with E-state index < -0.39 is 0 Å². The van der Waals surface area contributed by atoms with Gasteiger partial charge in [-0.2, -0.15) is 0 Å². The highest BCUT2D eigenvalue weighted by molar-refractivity contribution is 4.83. The molecule has 19 heavy (non-hydrogen) atoms. The lowest BCUT2D eigenvalue weighted by molar-refractivity contribution is 0.0628. The topological polar surface area (TPSA) is 43.0 Å². The van der Waals surface area contributed by atoms with E-state index in [0.29, 0.717) is 18.0 Å². The summed E-state index contributed by atoms with van der Waals surface area (Å²) in [5.41, 5.74) is 0. The van der Waals surface area contributed by atoms with Crippen molar-refractivity contribution in [2.45, 2.75) is 25.4 Å². The number of nitrogens with zero attached hydrogens (tertiary/aromatic N) is 1. The lowest BCUT2D eigenvalue weighted by Crippen LogP contribution is -2.49. The Balaban J connectivity index is 2.51. The van der Waals surface area contributed by atoms with Crippen molar-refractivity contribution in [1.82, 2.24) is 10.2 Å². The standard InChI is InChI=1S/C14H30N2O3/c1-12(10-18-4)16(6-8-17-3)9-14(15-2)13-5-7-19-11-13/h12-15H,5-11H2,1-4H3. The van der Waals surface area contributed by atoms with E-state index in [1.165, 1.54) is 0 Å². The highest BCUT2D eigenvalue weighted by Gasteiger charge is 2.27. The van der Waals surface area contributed by atoms with E-state index in [0.717, 1.165) is 45.9 Å². The Morgan fingerprint density at radius 3 is 2.68 bits per heavy atom. The molecule has 5 heteroatoms. The molecule has 5 nitrogen and oxygen atoms in total. The van der Waals surface area contributed by atoms with Gasteiger partial charge < -0.3 is 19.5 Å². The minimum absolute atomic E-state index is 0.401. The second-order valence-corrected chi connectivity index (χ2v) is 5.31. The van der Waals surface area contributed by atoms with Gasteiger partial charge in [-0.1, -0.05) is 0 Å². The van der Waals surface area contributed by atoms with Crippen molar-refractivity contribution in [3.8, 4) is 0 Å². The Morgan fingerprint density at radius 1 is 1.37 bits per heavy atom. The van der Waals surface area contributed by atoms with Gasteiger partial charge in [-0.05, 0) is 20.4 Å². The van der Waals surface area contributed by atoms with Gasteiger partial charge in [-0.25, -0.2) is 0 Å². The number of hydrogen-bond donors (Lipinski definition) is 1. The van der Waals surface area contributed by atoms with E-state index in [4.69, 9.17) is 14.2 Å². The molecule has 1 rings (SSSR count). The number of ether oxygens (including phenoxy) is 3. The maximum Gasteiger partial charge on any atom is 0.0615 e. The third-order valence-electron chi connectivity index (χ3n) is 3.95. The normalized spacial score (nSPS) is 22.9. The molecule has 114 valence electrons. The second kappa shape index (κ2) is 9.66. The van der Waals surface area contributed by atoms with Crippen LogP contribution in [0.4, 0.5) is 0 Å². The van der Waals surface area contributed by atoms with Gasteiger partial charge in [0.05, 0.1) is 19.8 Å². The lowest BCUT2D eigenvalue weighted by atomic mass is 9.98. The Bertz CT molecular complexity index is 223. The zero-order valence-corrected chi connectivity index (χ0v) is 12.9. The van der Waals surface area contributed by atoms with Crippen molar-refractivity contribution < 1.29 is 14.2 Å². The third-order valence-corrected chi connectivity index (χ3v) is 3.95. The summed E-state index contributed by atoms with van der Waals surface area (Å²) in [5, 5.41) is 3.44. The molecule has 3 unspecified atom stereocenters. The molecule has 1 aliphatic rings. The van der Waals surface area contributed by atoms with Crippen LogP contribution in [0.15, 0.2) is 0 Å². The molecule has 0 bridgehead atoms. The van der Waals surface area contributed by atoms with Gasteiger partial charge in [0.2, 0.25) is 0 Å². The van der Waals surface area contributed by atoms with Crippen molar-refractivity contribution in [3.63, 3.8) is 0 Å². The molecule has 1 saturated heterocycles. The summed E-state index contributed by atoms with van der Waals surface area (Å²) >= 11 is 0. The van der Waals surface area contributed by atoms with E-state index in [9.17, 15) is 0 Å². The summed E-state index contributed by atoms with van der Waals surface area (Å²) in [6.45, 7) is 7.44. The van der Waals surface area contributed by atoms with Crippen LogP contribution >= 0.6 is 0 Å². The Hall–Kier alpha value is -0.200. The van der Waals surface area contributed by atoms with Crippen LogP contribution < -0.4 is 5.32 Å². The largest absolute Gasteiger partial charge is 0.383 e. The summed E-state index contributed by atoms with van der Waals surface area (Å²) in [5.74, 6) is 0.616. The second-order valence-electron chi connectivity index (χ2n) is 5.31. The number of nitrogens with one attached hydrogen (secondary N) is 1. The Labute approximate surface area is 117 Å². The van der Waals surface area contributed by atoms with Crippen molar-refractivity contribution >= 4 is 0 Å². The lowest BCUT2D eigenvalue weighted by Gasteiger charge is -2.34. The van der Waals surface area contributed by atoms with Gasteiger partial charge in [0.1, 0.15) is 0 Å². The van der Waals surface area contributed by atoms with Gasteiger partial charge in [-0.15, -0.1) is 0 Å². The van der Waals surface area contributed by atoms with Crippen LogP contribution in [0.3, 0.4) is 0 Å². The first-order chi connectivity index (χ1) is 9.22. The van der Waals surface area contributed by atoms with E-state index in [2.05, 4.69) is 17.1 Å². The minimum atomic E-state index is 0.401. The van der Waals surface area contributed by atoms with Crippen LogP contribution in [-0.4, -0.2) is 77.8 Å². The van der Waals surface area contributed by atoms with Gasteiger partial charge in [0.15, 0.2) is 0 Å². The smallest absolute Gasteiger partial charge is 0.0615 e. The number of likely N-dealkylation sites (N-methyl/N-ethyl adjacent to an activating group) is 1. The van der Waals surface area contributed by atoms with Crippen LogP contribution in [0, 0.1) is 5.92 Å². The number of hydrogen-bond acceptors (Lipinski definition) is 5. The highest BCUT2D eigenvalue weighted by Crippen LogP contribution is 2.18. The van der Waals surface area contributed by atoms with Gasteiger partial charge in [0, 0.05) is 51.9 Å².